The zero-order valence-corrected chi connectivity index (χ0v) is 13.9. The van der Waals surface area contributed by atoms with Gasteiger partial charge in [0.1, 0.15) is 0 Å². The van der Waals surface area contributed by atoms with Crippen LogP contribution in [0.4, 0.5) is 24.5 Å². The highest BCUT2D eigenvalue weighted by Gasteiger charge is 2.29. The molecule has 140 valence electrons. The lowest BCUT2D eigenvalue weighted by Gasteiger charge is -2.08. The molecular weight excluding hydrogens is 365 g/mol. The Bertz CT molecular complexity index is 902. The van der Waals surface area contributed by atoms with Gasteiger partial charge in [0.15, 0.2) is 5.78 Å². The second-order valence-electron chi connectivity index (χ2n) is 5.49. The van der Waals surface area contributed by atoms with Crippen molar-refractivity contribution < 1.29 is 27.7 Å². The number of non-ortho nitro benzene ring substituents is 1. The van der Waals surface area contributed by atoms with Crippen LogP contribution in [0, 0.1) is 10.1 Å². The molecule has 0 fully saturated rings. The fourth-order valence-electron chi connectivity index (χ4n) is 2.13. The summed E-state index contributed by atoms with van der Waals surface area (Å²) in [5.74, 6) is -1.37. The van der Waals surface area contributed by atoms with Gasteiger partial charge in [-0.1, -0.05) is 12.1 Å². The Morgan fingerprint density at radius 3 is 2.04 bits per heavy atom. The molecule has 2 rings (SSSR count). The van der Waals surface area contributed by atoms with Gasteiger partial charge in [0.05, 0.1) is 16.1 Å². The van der Waals surface area contributed by atoms with Gasteiger partial charge in [-0.15, -0.1) is 0 Å². The minimum atomic E-state index is -4.49. The quantitative estimate of drug-likeness (QED) is 0.277. The molecule has 2 aromatic carbocycles. The number of benzene rings is 2. The summed E-state index contributed by atoms with van der Waals surface area (Å²) < 4.78 is 37.8. The van der Waals surface area contributed by atoms with Gasteiger partial charge >= 0.3 is 6.18 Å². The van der Waals surface area contributed by atoms with E-state index in [9.17, 15) is 32.9 Å². The smallest absolute Gasteiger partial charge is 0.322 e. The fourth-order valence-corrected chi connectivity index (χ4v) is 2.13. The minimum Gasteiger partial charge on any atom is -0.322 e. The Balaban J connectivity index is 2.23. The number of Topliss-reactive ketones (excluding diaryl/α,β-unsaturated/α-hetero) is 1. The molecule has 27 heavy (non-hydrogen) atoms. The second-order valence-corrected chi connectivity index (χ2v) is 5.49. The first-order chi connectivity index (χ1) is 12.6. The number of nitrogens with one attached hydrogen (secondary N) is 1. The van der Waals surface area contributed by atoms with Crippen molar-refractivity contribution in [3.63, 3.8) is 0 Å². The third kappa shape index (κ3) is 5.24. The maximum absolute atomic E-state index is 12.6. The van der Waals surface area contributed by atoms with Gasteiger partial charge in [0.2, 0.25) is 0 Å². The van der Waals surface area contributed by atoms with E-state index in [1.165, 1.54) is 30.3 Å². The molecule has 0 radical (unpaired) electrons. The first-order valence-electron chi connectivity index (χ1n) is 7.53. The van der Waals surface area contributed by atoms with Crippen molar-refractivity contribution in [2.75, 3.05) is 5.32 Å². The highest BCUT2D eigenvalue weighted by molar-refractivity contribution is 6.25. The van der Waals surface area contributed by atoms with Crippen molar-refractivity contribution in [3.05, 3.63) is 75.3 Å². The van der Waals surface area contributed by atoms with Gasteiger partial charge in [0, 0.05) is 17.8 Å². The normalized spacial score (nSPS) is 11.8. The average molecular weight is 378 g/mol. The van der Waals surface area contributed by atoms with Crippen molar-refractivity contribution in [2.45, 2.75) is 13.1 Å². The van der Waals surface area contributed by atoms with Crippen LogP contribution in [0.1, 0.15) is 18.1 Å². The van der Waals surface area contributed by atoms with Gasteiger partial charge in [-0.3, -0.25) is 19.7 Å². The highest BCUT2D eigenvalue weighted by Crippen LogP contribution is 2.29. The Morgan fingerprint density at radius 2 is 1.59 bits per heavy atom. The van der Waals surface area contributed by atoms with Crippen LogP contribution in [0.2, 0.25) is 0 Å². The molecule has 0 atom stereocenters. The topological polar surface area (TPSA) is 89.3 Å². The molecule has 1 N–H and O–H groups in total. The lowest BCUT2D eigenvalue weighted by atomic mass is 10.1. The predicted molar refractivity (Wildman–Crippen MR) is 91.8 cm³/mol. The summed E-state index contributed by atoms with van der Waals surface area (Å²) in [6.07, 6.45) is -3.32. The molecular formula is C18H13F3N2O4. The number of carbonyl (C=O) groups excluding carboxylic acids is 2. The highest BCUT2D eigenvalue weighted by atomic mass is 19.4. The number of hydrogen-bond acceptors (Lipinski definition) is 4. The lowest BCUT2D eigenvalue weighted by Crippen LogP contribution is -2.18. The zero-order valence-electron chi connectivity index (χ0n) is 13.9. The van der Waals surface area contributed by atoms with Crippen LogP contribution in [0.25, 0.3) is 6.08 Å². The number of halogens is 3. The molecule has 0 saturated heterocycles. The summed E-state index contributed by atoms with van der Waals surface area (Å²) in [4.78, 5) is 34.1. The number of alkyl halides is 3. The molecule has 9 heteroatoms. The minimum absolute atomic E-state index is 0.167. The number of nitro benzene ring substituents is 1. The van der Waals surface area contributed by atoms with Crippen molar-refractivity contribution in [2.24, 2.45) is 0 Å². The lowest BCUT2D eigenvalue weighted by molar-refractivity contribution is -0.384. The molecule has 0 aromatic heterocycles. The summed E-state index contributed by atoms with van der Waals surface area (Å²) in [7, 11) is 0. The van der Waals surface area contributed by atoms with E-state index in [1.807, 2.05) is 0 Å². The zero-order chi connectivity index (χ0) is 20.2. The average Bonchev–Trinajstić information content (AvgIpc) is 2.59. The molecule has 6 nitrogen and oxygen atoms in total. The van der Waals surface area contributed by atoms with E-state index in [0.29, 0.717) is 0 Å². The van der Waals surface area contributed by atoms with Gasteiger partial charge in [0.25, 0.3) is 11.6 Å². The van der Waals surface area contributed by atoms with E-state index in [4.69, 9.17) is 0 Å². The maximum Gasteiger partial charge on any atom is 0.416 e. The SMILES string of the molecule is CC(=O)/C(=C\c1ccc(C(F)(F)F)cc1)C(=O)Nc1ccc([N+](=O)[O-])cc1. The molecule has 1 amide bonds. The van der Waals surface area contributed by atoms with Gasteiger partial charge in [-0.05, 0) is 42.8 Å². The van der Waals surface area contributed by atoms with E-state index >= 15 is 0 Å². The number of carbonyl (C=O) groups is 2. The molecule has 0 aliphatic carbocycles. The van der Waals surface area contributed by atoms with Gasteiger partial charge in [-0.25, -0.2) is 0 Å². The summed E-state index contributed by atoms with van der Waals surface area (Å²) in [5, 5.41) is 13.0. The van der Waals surface area contributed by atoms with Crippen molar-refractivity contribution in [3.8, 4) is 0 Å². The number of anilines is 1. The molecule has 0 aliphatic rings. The number of ketones is 1. The molecule has 0 spiro atoms. The van der Waals surface area contributed by atoms with Crippen LogP contribution in [-0.4, -0.2) is 16.6 Å². The Morgan fingerprint density at radius 1 is 1.04 bits per heavy atom. The Kier molecular flexibility index (Phi) is 5.74. The Hall–Kier alpha value is -3.49. The first kappa shape index (κ1) is 19.8. The number of hydrogen-bond donors (Lipinski definition) is 1. The fraction of sp³-hybridized carbons (Fsp3) is 0.111. The van der Waals surface area contributed by atoms with E-state index in [1.54, 1.807) is 0 Å². The predicted octanol–water partition coefficient (Wildman–Crippen LogP) is 4.22. The number of amides is 1. The molecule has 0 aliphatic heterocycles. The van der Waals surface area contributed by atoms with E-state index < -0.39 is 28.4 Å². The second kappa shape index (κ2) is 7.81. The van der Waals surface area contributed by atoms with Crippen molar-refractivity contribution >= 4 is 29.1 Å². The van der Waals surface area contributed by atoms with Crippen LogP contribution in [0.15, 0.2) is 54.1 Å². The third-order valence-electron chi connectivity index (χ3n) is 3.51. The van der Waals surface area contributed by atoms with Crippen LogP contribution < -0.4 is 5.32 Å². The monoisotopic (exact) mass is 378 g/mol. The Labute approximate surface area is 151 Å². The van der Waals surface area contributed by atoms with Crippen LogP contribution in [-0.2, 0) is 15.8 Å². The van der Waals surface area contributed by atoms with E-state index in [2.05, 4.69) is 5.32 Å². The first-order valence-corrected chi connectivity index (χ1v) is 7.53. The number of rotatable bonds is 5. The molecule has 0 unspecified atom stereocenters. The van der Waals surface area contributed by atoms with Crippen LogP contribution in [0.3, 0.4) is 0 Å². The molecule has 0 bridgehead atoms. The van der Waals surface area contributed by atoms with Gasteiger partial charge in [-0.2, -0.15) is 13.2 Å². The van der Waals surface area contributed by atoms with E-state index in [-0.39, 0.29) is 22.5 Å². The van der Waals surface area contributed by atoms with E-state index in [0.717, 1.165) is 31.2 Å². The molecule has 2 aromatic rings. The number of nitrogens with zero attached hydrogens (tertiary/aromatic N) is 1. The summed E-state index contributed by atoms with van der Waals surface area (Å²) >= 11 is 0. The largest absolute Gasteiger partial charge is 0.416 e. The standard InChI is InChI=1S/C18H13F3N2O4/c1-11(24)16(10-12-2-4-13(5-3-12)18(19,20)21)17(25)22-14-6-8-15(9-7-14)23(26)27/h2-10H,1H3,(H,22,25)/b16-10+. The van der Waals surface area contributed by atoms with Crippen LogP contribution in [0.5, 0.6) is 0 Å². The van der Waals surface area contributed by atoms with Gasteiger partial charge < -0.3 is 5.32 Å². The summed E-state index contributed by atoms with van der Waals surface area (Å²) in [5.41, 5.74) is -0.815. The molecule has 0 heterocycles. The van der Waals surface area contributed by atoms with Crippen molar-refractivity contribution in [1.29, 1.82) is 0 Å². The maximum atomic E-state index is 12.6. The summed E-state index contributed by atoms with van der Waals surface area (Å²) in [6, 6.07) is 8.94. The van der Waals surface area contributed by atoms with Crippen molar-refractivity contribution in [1.82, 2.24) is 0 Å². The summed E-state index contributed by atoms with van der Waals surface area (Å²) in [6.45, 7) is 1.14. The third-order valence-corrected chi connectivity index (χ3v) is 3.51. The molecule has 0 saturated carbocycles. The van der Waals surface area contributed by atoms with Crippen LogP contribution >= 0.6 is 0 Å². The number of nitro groups is 1.